The van der Waals surface area contributed by atoms with E-state index in [-0.39, 0.29) is 12.4 Å². The zero-order chi connectivity index (χ0) is 17.0. The summed E-state index contributed by atoms with van der Waals surface area (Å²) < 4.78 is 19.8. The van der Waals surface area contributed by atoms with E-state index < -0.39 is 26.4 Å². The van der Waals surface area contributed by atoms with E-state index in [0.29, 0.717) is 11.6 Å². The van der Waals surface area contributed by atoms with Crippen LogP contribution in [0.1, 0.15) is 39.2 Å². The quantitative estimate of drug-likeness (QED) is 0.702. The molecule has 1 heterocycles. The van der Waals surface area contributed by atoms with Crippen LogP contribution in [-0.2, 0) is 15.4 Å². The first-order chi connectivity index (χ1) is 10.7. The Morgan fingerprint density at radius 3 is 2.65 bits per heavy atom. The molecule has 0 radical (unpaired) electrons. The Balaban J connectivity index is 2.15. The third-order valence-corrected chi connectivity index (χ3v) is 8.32. The van der Waals surface area contributed by atoms with E-state index in [1.807, 2.05) is 26.8 Å². The average molecular weight is 450 g/mol. The zero-order valence-corrected chi connectivity index (χ0v) is 16.5. The number of nitrogens with zero attached hydrogens (tertiary/aromatic N) is 2. The monoisotopic (exact) mass is 450 g/mol. The second-order valence-corrected chi connectivity index (χ2v) is 10.6. The molecule has 1 saturated heterocycles. The summed E-state index contributed by atoms with van der Waals surface area (Å²) in [5.41, 5.74) is 6.34. The van der Waals surface area contributed by atoms with E-state index in [0.717, 1.165) is 21.5 Å². The van der Waals surface area contributed by atoms with Gasteiger partial charge in [-0.05, 0) is 74.4 Å². The van der Waals surface area contributed by atoms with Crippen molar-refractivity contribution in [3.05, 3.63) is 38.4 Å². The van der Waals surface area contributed by atoms with Crippen molar-refractivity contribution < 1.29 is 4.39 Å². The molecule has 1 saturated carbocycles. The summed E-state index contributed by atoms with van der Waals surface area (Å²) in [5.74, 6) is -0.281. The number of rotatable bonds is 2. The highest BCUT2D eigenvalue weighted by atomic mass is 127. The molecule has 3 atom stereocenters. The lowest BCUT2D eigenvalue weighted by atomic mass is 9.95. The van der Waals surface area contributed by atoms with E-state index >= 15 is 0 Å². The van der Waals surface area contributed by atoms with Crippen LogP contribution in [0.3, 0.4) is 0 Å². The molecule has 2 aliphatic rings. The van der Waals surface area contributed by atoms with Gasteiger partial charge in [-0.25, -0.2) is 4.39 Å². The minimum atomic E-state index is -0.695. The van der Waals surface area contributed by atoms with E-state index in [4.69, 9.17) is 10.1 Å². The van der Waals surface area contributed by atoms with Crippen molar-refractivity contribution in [2.75, 3.05) is 6.54 Å². The molecule has 2 unspecified atom stereocenters. The minimum Gasteiger partial charge on any atom is -0.785 e. The van der Waals surface area contributed by atoms with Crippen molar-refractivity contribution in [2.45, 2.75) is 55.3 Å². The van der Waals surface area contributed by atoms with Crippen LogP contribution in [0.5, 0.6) is 0 Å². The summed E-state index contributed by atoms with van der Waals surface area (Å²) in [7, 11) is -0.602. The maximum absolute atomic E-state index is 14.6. The van der Waals surface area contributed by atoms with Crippen molar-refractivity contribution in [3.63, 3.8) is 0 Å². The zero-order valence-electron chi connectivity index (χ0n) is 13.6. The topological polar surface area (TPSA) is 64.7 Å². The normalized spacial score (nSPS) is 34.7. The fourth-order valence-electron chi connectivity index (χ4n) is 2.86. The third-order valence-electron chi connectivity index (χ3n) is 4.79. The highest BCUT2D eigenvalue weighted by Crippen LogP contribution is 2.43. The molecule has 1 aromatic carbocycles. The lowest BCUT2D eigenvalue weighted by molar-refractivity contribution is 0.150. The standard InChI is InChI=1S/C16H22FIN3OS/c1-15(2)14(19)23(20-11-5-6-11)16(3,9-21(15)22)12-8-10(18)4-7-13(12)17/h4,7-8,11,14H,5-6,9,19H2,1-3H3/q-1/t14?,16-,23?/m0/s1. The Morgan fingerprint density at radius 1 is 1.39 bits per heavy atom. The van der Waals surface area contributed by atoms with Gasteiger partial charge >= 0.3 is 0 Å². The van der Waals surface area contributed by atoms with Gasteiger partial charge in [0.15, 0.2) is 0 Å². The van der Waals surface area contributed by atoms with Gasteiger partial charge in [0, 0.05) is 21.2 Å². The molecule has 1 aliphatic carbocycles. The van der Waals surface area contributed by atoms with Gasteiger partial charge in [0.25, 0.3) is 0 Å². The first-order valence-electron chi connectivity index (χ1n) is 7.76. The Bertz CT molecular complexity index is 665. The molecule has 23 heavy (non-hydrogen) atoms. The Morgan fingerprint density at radius 2 is 2.04 bits per heavy atom. The summed E-state index contributed by atoms with van der Waals surface area (Å²) >= 11 is 2.17. The predicted molar refractivity (Wildman–Crippen MR) is 101 cm³/mol. The predicted octanol–water partition coefficient (Wildman–Crippen LogP) is 3.49. The van der Waals surface area contributed by atoms with Gasteiger partial charge in [-0.2, -0.15) is 0 Å². The largest absolute Gasteiger partial charge is 0.785 e. The fourth-order valence-corrected chi connectivity index (χ4v) is 6.10. The molecule has 3 rings (SSSR count). The Hall–Kier alpha value is -0.0900. The highest BCUT2D eigenvalue weighted by molar-refractivity contribution is 14.1. The Labute approximate surface area is 152 Å². The fraction of sp³-hybridized carbons (Fsp3) is 0.625. The van der Waals surface area contributed by atoms with E-state index in [1.165, 1.54) is 6.07 Å². The van der Waals surface area contributed by atoms with Crippen LogP contribution in [0.2, 0.25) is 0 Å². The first kappa shape index (κ1) is 17.7. The molecule has 1 aliphatic heterocycles. The minimum absolute atomic E-state index is 0.212. The SMILES string of the molecule is CC1(C)C(N)S(=NC2CC2)[C@](C)(c2cc(I)ccc2F)CN1[O-]. The van der Waals surface area contributed by atoms with Crippen LogP contribution in [0, 0.1) is 14.6 Å². The number of benzene rings is 1. The molecule has 2 fully saturated rings. The van der Waals surface area contributed by atoms with Crippen molar-refractivity contribution in [2.24, 2.45) is 10.1 Å². The summed E-state index contributed by atoms with van der Waals surface area (Å²) in [4.78, 5) is 0. The van der Waals surface area contributed by atoms with Crippen molar-refractivity contribution in [1.29, 1.82) is 0 Å². The number of hydroxylamine groups is 2. The second-order valence-electron chi connectivity index (χ2n) is 7.12. The van der Waals surface area contributed by atoms with Gasteiger partial charge in [0.1, 0.15) is 5.82 Å². The third kappa shape index (κ3) is 3.10. The molecular formula is C16H22FIN3OS-. The second kappa shape index (κ2) is 6.01. The van der Waals surface area contributed by atoms with Crippen molar-refractivity contribution >= 4 is 33.3 Å². The maximum atomic E-state index is 14.6. The van der Waals surface area contributed by atoms with Gasteiger partial charge in [0.2, 0.25) is 0 Å². The molecule has 7 heteroatoms. The number of hydrogen-bond acceptors (Lipinski definition) is 4. The average Bonchev–Trinajstić information content (AvgIpc) is 3.29. The molecule has 0 amide bonds. The first-order valence-corrected chi connectivity index (χ1v) is 10.1. The molecule has 4 nitrogen and oxygen atoms in total. The molecule has 0 spiro atoms. The van der Waals surface area contributed by atoms with Crippen molar-refractivity contribution in [1.82, 2.24) is 5.06 Å². The van der Waals surface area contributed by atoms with Crippen LogP contribution in [0.25, 0.3) is 0 Å². The molecule has 0 aromatic heterocycles. The van der Waals surface area contributed by atoms with Crippen LogP contribution in [0.4, 0.5) is 4.39 Å². The molecule has 2 N–H and O–H groups in total. The molecule has 128 valence electrons. The Kier molecular flexibility index (Phi) is 4.63. The lowest BCUT2D eigenvalue weighted by Crippen LogP contribution is -2.66. The van der Waals surface area contributed by atoms with E-state index in [1.54, 1.807) is 6.07 Å². The summed E-state index contributed by atoms with van der Waals surface area (Å²) in [6.45, 7) is 5.87. The van der Waals surface area contributed by atoms with Gasteiger partial charge in [-0.15, -0.1) is 0 Å². The van der Waals surface area contributed by atoms with Crippen LogP contribution in [0.15, 0.2) is 22.6 Å². The van der Waals surface area contributed by atoms with Gasteiger partial charge in [0.05, 0.1) is 16.2 Å². The van der Waals surface area contributed by atoms with Crippen molar-refractivity contribution in [3.8, 4) is 0 Å². The number of nitrogens with two attached hydrogens (primary N) is 1. The van der Waals surface area contributed by atoms with Crippen LogP contribution < -0.4 is 5.73 Å². The molecule has 0 bridgehead atoms. The van der Waals surface area contributed by atoms with Gasteiger partial charge < -0.3 is 16.0 Å². The van der Waals surface area contributed by atoms with E-state index in [9.17, 15) is 9.60 Å². The lowest BCUT2D eigenvalue weighted by Gasteiger charge is -2.58. The number of hydrogen-bond donors (Lipinski definition) is 1. The summed E-state index contributed by atoms with van der Waals surface area (Å²) in [6.07, 6.45) is 2.14. The van der Waals surface area contributed by atoms with Gasteiger partial charge in [-0.1, -0.05) is 10.7 Å². The van der Waals surface area contributed by atoms with Gasteiger partial charge in [-0.3, -0.25) is 4.36 Å². The molecular weight excluding hydrogens is 428 g/mol. The summed E-state index contributed by atoms with van der Waals surface area (Å²) in [6, 6.07) is 5.36. The summed E-state index contributed by atoms with van der Waals surface area (Å²) in [5, 5.41) is 13.2. The number of halogens is 2. The maximum Gasteiger partial charge on any atom is 0.127 e. The van der Waals surface area contributed by atoms with E-state index in [2.05, 4.69) is 22.6 Å². The molecule has 1 aromatic rings. The van der Waals surface area contributed by atoms with Crippen LogP contribution >= 0.6 is 22.6 Å². The highest BCUT2D eigenvalue weighted by Gasteiger charge is 2.49. The van der Waals surface area contributed by atoms with Crippen LogP contribution in [-0.4, -0.2) is 28.6 Å². The smallest absolute Gasteiger partial charge is 0.127 e.